The van der Waals surface area contributed by atoms with Crippen LogP contribution in [0.3, 0.4) is 0 Å². The average molecular weight is 197 g/mol. The third-order valence-corrected chi connectivity index (χ3v) is 3.22. The van der Waals surface area contributed by atoms with Gasteiger partial charge < -0.3 is 4.90 Å². The molecule has 0 saturated carbocycles. The van der Waals surface area contributed by atoms with Gasteiger partial charge in [0.15, 0.2) is 0 Å². The molecule has 2 rings (SSSR count). The first-order valence-electron chi connectivity index (χ1n) is 5.56. The molecule has 2 fully saturated rings. The first-order chi connectivity index (χ1) is 6.77. The van der Waals surface area contributed by atoms with E-state index < -0.39 is 0 Å². The molecule has 1 atom stereocenters. The van der Waals surface area contributed by atoms with E-state index in [1.54, 1.807) is 5.01 Å². The van der Waals surface area contributed by atoms with Gasteiger partial charge in [-0.1, -0.05) is 0 Å². The van der Waals surface area contributed by atoms with Crippen LogP contribution in [0.5, 0.6) is 0 Å². The molecule has 0 bridgehead atoms. The second kappa shape index (κ2) is 4.28. The van der Waals surface area contributed by atoms with Gasteiger partial charge in [0.05, 0.1) is 5.92 Å². The molecule has 2 aliphatic heterocycles. The van der Waals surface area contributed by atoms with Crippen molar-refractivity contribution in [3.8, 4) is 0 Å². The van der Waals surface area contributed by atoms with Crippen LogP contribution >= 0.6 is 0 Å². The summed E-state index contributed by atoms with van der Waals surface area (Å²) in [7, 11) is 0. The predicted molar refractivity (Wildman–Crippen MR) is 54.3 cm³/mol. The number of hydrazine groups is 1. The molecule has 2 aliphatic rings. The fourth-order valence-electron chi connectivity index (χ4n) is 2.40. The second-order valence-electron chi connectivity index (χ2n) is 4.37. The van der Waals surface area contributed by atoms with E-state index in [4.69, 9.17) is 5.84 Å². The molecule has 0 aromatic carbocycles. The SMILES string of the molecule is NN1CCCC(C(=O)N2CCCC2)C1. The van der Waals surface area contributed by atoms with Crippen molar-refractivity contribution in [1.82, 2.24) is 9.91 Å². The Balaban J connectivity index is 1.89. The fourth-order valence-corrected chi connectivity index (χ4v) is 2.40. The lowest BCUT2D eigenvalue weighted by Crippen LogP contribution is -2.46. The maximum absolute atomic E-state index is 12.0. The van der Waals surface area contributed by atoms with Gasteiger partial charge in [-0.25, -0.2) is 5.01 Å². The highest BCUT2D eigenvalue weighted by Crippen LogP contribution is 2.19. The number of carbonyl (C=O) groups is 1. The smallest absolute Gasteiger partial charge is 0.227 e. The predicted octanol–water partition coefficient (Wildman–Crippen LogP) is 0.194. The third-order valence-electron chi connectivity index (χ3n) is 3.22. The molecule has 2 N–H and O–H groups in total. The average Bonchev–Trinajstić information content (AvgIpc) is 2.69. The number of likely N-dealkylation sites (tertiary alicyclic amines) is 1. The van der Waals surface area contributed by atoms with Crippen molar-refractivity contribution in [2.75, 3.05) is 26.2 Å². The standard InChI is InChI=1S/C10H19N3O/c11-13-7-3-4-9(8-13)10(14)12-5-1-2-6-12/h9H,1-8,11H2. The van der Waals surface area contributed by atoms with Gasteiger partial charge in [0.1, 0.15) is 0 Å². The molecule has 14 heavy (non-hydrogen) atoms. The van der Waals surface area contributed by atoms with Gasteiger partial charge in [0, 0.05) is 26.2 Å². The Labute approximate surface area is 85.0 Å². The zero-order chi connectivity index (χ0) is 9.97. The summed E-state index contributed by atoms with van der Waals surface area (Å²) >= 11 is 0. The number of amides is 1. The summed E-state index contributed by atoms with van der Waals surface area (Å²) in [6, 6.07) is 0. The van der Waals surface area contributed by atoms with Gasteiger partial charge in [-0.3, -0.25) is 10.6 Å². The number of carbonyl (C=O) groups excluding carboxylic acids is 1. The zero-order valence-electron chi connectivity index (χ0n) is 8.61. The number of hydrogen-bond donors (Lipinski definition) is 1. The molecular formula is C10H19N3O. The molecule has 0 aliphatic carbocycles. The molecule has 4 heteroatoms. The normalized spacial score (nSPS) is 29.5. The molecule has 2 heterocycles. The largest absolute Gasteiger partial charge is 0.342 e. The van der Waals surface area contributed by atoms with Crippen LogP contribution in [0.2, 0.25) is 0 Å². The van der Waals surface area contributed by atoms with Gasteiger partial charge in [-0.2, -0.15) is 0 Å². The van der Waals surface area contributed by atoms with E-state index in [1.807, 2.05) is 4.90 Å². The third kappa shape index (κ3) is 2.07. The number of nitrogens with zero attached hydrogens (tertiary/aromatic N) is 2. The van der Waals surface area contributed by atoms with E-state index >= 15 is 0 Å². The maximum Gasteiger partial charge on any atom is 0.227 e. The zero-order valence-corrected chi connectivity index (χ0v) is 8.61. The molecule has 2 saturated heterocycles. The van der Waals surface area contributed by atoms with E-state index in [1.165, 1.54) is 12.8 Å². The fraction of sp³-hybridized carbons (Fsp3) is 0.900. The van der Waals surface area contributed by atoms with Crippen LogP contribution < -0.4 is 5.84 Å². The minimum atomic E-state index is 0.159. The molecule has 0 spiro atoms. The van der Waals surface area contributed by atoms with Crippen molar-refractivity contribution in [3.05, 3.63) is 0 Å². The van der Waals surface area contributed by atoms with Crippen molar-refractivity contribution in [3.63, 3.8) is 0 Å². The quantitative estimate of drug-likeness (QED) is 0.611. The minimum Gasteiger partial charge on any atom is -0.342 e. The van der Waals surface area contributed by atoms with Crippen molar-refractivity contribution in [2.24, 2.45) is 11.8 Å². The van der Waals surface area contributed by atoms with Crippen LogP contribution in [0.4, 0.5) is 0 Å². The van der Waals surface area contributed by atoms with Crippen LogP contribution in [-0.2, 0) is 4.79 Å². The minimum absolute atomic E-state index is 0.159. The highest BCUT2D eigenvalue weighted by Gasteiger charge is 2.29. The lowest BCUT2D eigenvalue weighted by molar-refractivity contribution is -0.136. The Hall–Kier alpha value is -0.610. The van der Waals surface area contributed by atoms with Gasteiger partial charge in [-0.05, 0) is 25.7 Å². The van der Waals surface area contributed by atoms with Gasteiger partial charge in [0.2, 0.25) is 5.91 Å². The van der Waals surface area contributed by atoms with Crippen LogP contribution in [-0.4, -0.2) is 42.0 Å². The van der Waals surface area contributed by atoms with Crippen LogP contribution in [0, 0.1) is 5.92 Å². The Kier molecular flexibility index (Phi) is 3.03. The topological polar surface area (TPSA) is 49.6 Å². The van der Waals surface area contributed by atoms with Crippen LogP contribution in [0.1, 0.15) is 25.7 Å². The highest BCUT2D eigenvalue weighted by molar-refractivity contribution is 5.79. The Morgan fingerprint density at radius 1 is 1.14 bits per heavy atom. The Morgan fingerprint density at radius 3 is 2.50 bits per heavy atom. The summed E-state index contributed by atoms with van der Waals surface area (Å²) in [6.45, 7) is 3.60. The van der Waals surface area contributed by atoms with Gasteiger partial charge in [0.25, 0.3) is 0 Å². The molecule has 1 unspecified atom stereocenters. The van der Waals surface area contributed by atoms with Crippen molar-refractivity contribution >= 4 is 5.91 Å². The van der Waals surface area contributed by atoms with Crippen LogP contribution in [0.15, 0.2) is 0 Å². The maximum atomic E-state index is 12.0. The Bertz CT molecular complexity index is 213. The lowest BCUT2D eigenvalue weighted by Gasteiger charge is -2.30. The van der Waals surface area contributed by atoms with E-state index in [2.05, 4.69) is 0 Å². The van der Waals surface area contributed by atoms with E-state index in [9.17, 15) is 4.79 Å². The van der Waals surface area contributed by atoms with E-state index in [-0.39, 0.29) is 5.92 Å². The molecule has 0 aromatic heterocycles. The van der Waals surface area contributed by atoms with Gasteiger partial charge >= 0.3 is 0 Å². The first-order valence-corrected chi connectivity index (χ1v) is 5.56. The first kappa shape index (κ1) is 9.93. The molecule has 0 radical (unpaired) electrons. The number of rotatable bonds is 1. The number of hydrogen-bond acceptors (Lipinski definition) is 3. The monoisotopic (exact) mass is 197 g/mol. The summed E-state index contributed by atoms with van der Waals surface area (Å²) < 4.78 is 0. The number of piperidine rings is 1. The van der Waals surface area contributed by atoms with E-state index in [0.29, 0.717) is 5.91 Å². The van der Waals surface area contributed by atoms with Crippen molar-refractivity contribution < 1.29 is 4.79 Å². The Morgan fingerprint density at radius 2 is 1.86 bits per heavy atom. The molecule has 4 nitrogen and oxygen atoms in total. The van der Waals surface area contributed by atoms with Crippen molar-refractivity contribution in [1.29, 1.82) is 0 Å². The summed E-state index contributed by atoms with van der Waals surface area (Å²) in [5, 5.41) is 1.78. The van der Waals surface area contributed by atoms with Crippen molar-refractivity contribution in [2.45, 2.75) is 25.7 Å². The highest BCUT2D eigenvalue weighted by atomic mass is 16.2. The summed E-state index contributed by atoms with van der Waals surface area (Å²) in [5.74, 6) is 6.21. The summed E-state index contributed by atoms with van der Waals surface area (Å²) in [5.41, 5.74) is 0. The lowest BCUT2D eigenvalue weighted by atomic mass is 9.98. The summed E-state index contributed by atoms with van der Waals surface area (Å²) in [4.78, 5) is 14.0. The molecule has 0 aromatic rings. The molecule has 80 valence electrons. The molecular weight excluding hydrogens is 178 g/mol. The second-order valence-corrected chi connectivity index (χ2v) is 4.37. The van der Waals surface area contributed by atoms with E-state index in [0.717, 1.165) is 39.0 Å². The molecule has 1 amide bonds. The summed E-state index contributed by atoms with van der Waals surface area (Å²) in [6.07, 6.45) is 4.42. The van der Waals surface area contributed by atoms with Crippen LogP contribution in [0.25, 0.3) is 0 Å². The number of nitrogens with two attached hydrogens (primary N) is 1. The van der Waals surface area contributed by atoms with Gasteiger partial charge in [-0.15, -0.1) is 0 Å².